The molecule has 4 N–H and O–H groups in total. The van der Waals surface area contributed by atoms with Gasteiger partial charge in [-0.15, -0.1) is 0 Å². The molecule has 4 aromatic rings. The lowest BCUT2D eigenvalue weighted by Crippen LogP contribution is -2.41. The third-order valence-electron chi connectivity index (χ3n) is 9.17. The van der Waals surface area contributed by atoms with Gasteiger partial charge in [0, 0.05) is 50.4 Å². The van der Waals surface area contributed by atoms with Crippen molar-refractivity contribution in [3.63, 3.8) is 0 Å². The Kier molecular flexibility index (Phi) is 15.3. The molecule has 1 aromatic heterocycles. The first-order valence-corrected chi connectivity index (χ1v) is 18.2. The molecule has 0 saturated heterocycles. The Morgan fingerprint density at radius 2 is 1.39 bits per heavy atom. The number of carbonyl (C=O) groups is 5. The Labute approximate surface area is 320 Å². The zero-order valence-electron chi connectivity index (χ0n) is 30.7. The van der Waals surface area contributed by atoms with Crippen LogP contribution in [0.2, 0.25) is 5.15 Å². The van der Waals surface area contributed by atoms with Crippen molar-refractivity contribution in [3.05, 3.63) is 124 Å². The number of carboxylic acid groups (broad SMARTS) is 2. The summed E-state index contributed by atoms with van der Waals surface area (Å²) in [5.41, 5.74) is 4.22. The van der Waals surface area contributed by atoms with Crippen molar-refractivity contribution in [2.24, 2.45) is 0 Å². The van der Waals surface area contributed by atoms with Crippen LogP contribution in [-0.2, 0) is 29.0 Å². The lowest BCUT2D eigenvalue weighted by atomic mass is 10.0. The van der Waals surface area contributed by atoms with Crippen molar-refractivity contribution < 1.29 is 34.2 Å². The highest BCUT2D eigenvalue weighted by molar-refractivity contribution is 6.29. The van der Waals surface area contributed by atoms with Gasteiger partial charge in [-0.25, -0.2) is 9.78 Å². The van der Waals surface area contributed by atoms with Crippen LogP contribution in [0.5, 0.6) is 0 Å². The second kappa shape index (κ2) is 20.0. The summed E-state index contributed by atoms with van der Waals surface area (Å²) in [6, 6.07) is 24.6. The van der Waals surface area contributed by atoms with E-state index in [-0.39, 0.29) is 46.9 Å². The first-order valence-electron chi connectivity index (χ1n) is 17.9. The molecule has 0 aliphatic heterocycles. The smallest absolute Gasteiger partial charge is 0.335 e. The fourth-order valence-electron chi connectivity index (χ4n) is 6.00. The second-order valence-corrected chi connectivity index (χ2v) is 13.4. The van der Waals surface area contributed by atoms with Gasteiger partial charge in [0.1, 0.15) is 5.15 Å². The molecule has 54 heavy (non-hydrogen) atoms. The van der Waals surface area contributed by atoms with Gasteiger partial charge in [-0.05, 0) is 90.9 Å². The van der Waals surface area contributed by atoms with E-state index < -0.39 is 23.8 Å². The van der Waals surface area contributed by atoms with Crippen LogP contribution < -0.4 is 10.6 Å². The predicted octanol–water partition coefficient (Wildman–Crippen LogP) is 7.04. The number of amides is 3. The van der Waals surface area contributed by atoms with E-state index in [1.54, 1.807) is 66.5 Å². The van der Waals surface area contributed by atoms with E-state index in [4.69, 9.17) is 21.8 Å². The van der Waals surface area contributed by atoms with Gasteiger partial charge < -0.3 is 25.7 Å². The zero-order valence-corrected chi connectivity index (χ0v) is 31.4. The van der Waals surface area contributed by atoms with Crippen molar-refractivity contribution in [2.75, 3.05) is 30.8 Å². The standard InChI is InChI=1S/C41H46ClN5O7/c1-4-33(5-2)47(24-23-46(3)36(48)21-22-37(49)50)26-29-7-6-8-31(25-29)39(51)44-34-19-20-35(42)45-38(34)40(52)43-32-17-13-28(14-18-32)10-9-27-11-15-30(16-12-27)41(53)54/h6-8,11-20,25,33H,4-5,9-10,21-24,26H2,1-3H3,(H,43,52)(H,44,51)(H,49,50)(H,53,54). The normalized spacial score (nSPS) is 11.0. The number of anilines is 2. The molecule has 4 rings (SSSR count). The maximum Gasteiger partial charge on any atom is 0.335 e. The molecule has 13 heteroatoms. The van der Waals surface area contributed by atoms with E-state index >= 15 is 0 Å². The third kappa shape index (κ3) is 12.2. The molecule has 0 aliphatic rings. The van der Waals surface area contributed by atoms with Crippen molar-refractivity contribution in [1.29, 1.82) is 0 Å². The van der Waals surface area contributed by atoms with E-state index in [2.05, 4.69) is 34.4 Å². The lowest BCUT2D eigenvalue weighted by Gasteiger charge is -2.32. The fourth-order valence-corrected chi connectivity index (χ4v) is 6.15. The van der Waals surface area contributed by atoms with Crippen LogP contribution in [0.4, 0.5) is 11.4 Å². The minimum atomic E-state index is -1.01. The lowest BCUT2D eigenvalue weighted by molar-refractivity contribution is -0.140. The van der Waals surface area contributed by atoms with E-state index in [9.17, 15) is 24.0 Å². The maximum atomic E-state index is 13.5. The summed E-state index contributed by atoms with van der Waals surface area (Å²) in [7, 11) is 1.67. The molecule has 1 heterocycles. The summed E-state index contributed by atoms with van der Waals surface area (Å²) in [4.78, 5) is 69.4. The highest BCUT2D eigenvalue weighted by Crippen LogP contribution is 2.22. The Bertz CT molecular complexity index is 1930. The summed E-state index contributed by atoms with van der Waals surface area (Å²) in [6.07, 6.45) is 2.95. The topological polar surface area (TPSA) is 169 Å². The SMILES string of the molecule is CCC(CC)N(CCN(C)C(=O)CCC(=O)O)Cc1cccc(C(=O)Nc2ccc(Cl)nc2C(=O)Nc2ccc(CCc3ccc(C(=O)O)cc3)cc2)c1. The Morgan fingerprint density at radius 3 is 2.00 bits per heavy atom. The van der Waals surface area contributed by atoms with Crippen LogP contribution in [0.1, 0.15) is 87.4 Å². The Balaban J connectivity index is 1.40. The number of carboxylic acids is 2. The van der Waals surface area contributed by atoms with Crippen LogP contribution in [-0.4, -0.2) is 80.8 Å². The molecule has 0 aliphatic carbocycles. The van der Waals surface area contributed by atoms with Crippen LogP contribution in [0.3, 0.4) is 0 Å². The third-order valence-corrected chi connectivity index (χ3v) is 9.38. The molecule has 3 amide bonds. The average molecular weight is 756 g/mol. The van der Waals surface area contributed by atoms with Crippen molar-refractivity contribution >= 4 is 52.6 Å². The van der Waals surface area contributed by atoms with E-state index in [0.717, 1.165) is 42.4 Å². The predicted molar refractivity (Wildman–Crippen MR) is 208 cm³/mol. The first-order chi connectivity index (χ1) is 25.9. The van der Waals surface area contributed by atoms with Gasteiger partial charge >= 0.3 is 11.9 Å². The van der Waals surface area contributed by atoms with Crippen LogP contribution in [0.25, 0.3) is 0 Å². The zero-order chi connectivity index (χ0) is 39.2. The van der Waals surface area contributed by atoms with Crippen molar-refractivity contribution in [2.45, 2.75) is 65.0 Å². The van der Waals surface area contributed by atoms with Crippen molar-refractivity contribution in [1.82, 2.24) is 14.8 Å². The van der Waals surface area contributed by atoms with Crippen LogP contribution in [0, 0.1) is 0 Å². The molecule has 0 unspecified atom stereocenters. The number of halogens is 1. The molecule has 0 spiro atoms. The second-order valence-electron chi connectivity index (χ2n) is 13.0. The summed E-state index contributed by atoms with van der Waals surface area (Å²) in [6.45, 7) is 5.73. The monoisotopic (exact) mass is 755 g/mol. The number of aryl methyl sites for hydroxylation is 2. The van der Waals surface area contributed by atoms with Gasteiger partial charge in [0.05, 0.1) is 17.7 Å². The molecule has 3 aromatic carbocycles. The van der Waals surface area contributed by atoms with E-state index in [1.807, 2.05) is 18.2 Å². The number of likely N-dealkylation sites (N-methyl/N-ethyl adjacent to an activating group) is 1. The molecule has 12 nitrogen and oxygen atoms in total. The number of aliphatic carboxylic acids is 1. The number of pyridine rings is 1. The van der Waals surface area contributed by atoms with E-state index in [0.29, 0.717) is 30.9 Å². The summed E-state index contributed by atoms with van der Waals surface area (Å²) in [5, 5.41) is 23.8. The molecule has 284 valence electrons. The van der Waals surface area contributed by atoms with Crippen LogP contribution >= 0.6 is 11.6 Å². The number of nitrogens with one attached hydrogen (secondary N) is 2. The number of hydrogen-bond donors (Lipinski definition) is 4. The summed E-state index contributed by atoms with van der Waals surface area (Å²) < 4.78 is 0. The average Bonchev–Trinajstić information content (AvgIpc) is 3.16. The molecular formula is C41H46ClN5O7. The molecule has 0 saturated carbocycles. The van der Waals surface area contributed by atoms with Gasteiger partial charge in [0.15, 0.2) is 5.69 Å². The number of aromatic nitrogens is 1. The van der Waals surface area contributed by atoms with Crippen molar-refractivity contribution in [3.8, 4) is 0 Å². The van der Waals surface area contributed by atoms with Gasteiger partial charge in [-0.3, -0.25) is 24.1 Å². The molecule has 0 radical (unpaired) electrons. The molecule has 0 bridgehead atoms. The number of nitrogens with zero attached hydrogens (tertiary/aromatic N) is 3. The van der Waals surface area contributed by atoms with Crippen LogP contribution in [0.15, 0.2) is 84.9 Å². The summed E-state index contributed by atoms with van der Waals surface area (Å²) in [5.74, 6) is -3.19. The first kappa shape index (κ1) is 41.2. The highest BCUT2D eigenvalue weighted by atomic mass is 35.5. The van der Waals surface area contributed by atoms with Gasteiger partial charge in [0.2, 0.25) is 5.91 Å². The molecule has 0 fully saturated rings. The number of rotatable bonds is 19. The Hall–Kier alpha value is -5.59. The molecule has 0 atom stereocenters. The number of carbonyl (C=O) groups excluding carboxylic acids is 3. The largest absolute Gasteiger partial charge is 0.481 e. The number of benzene rings is 3. The minimum Gasteiger partial charge on any atom is -0.481 e. The van der Waals surface area contributed by atoms with E-state index in [1.165, 1.54) is 12.1 Å². The van der Waals surface area contributed by atoms with Gasteiger partial charge in [-0.2, -0.15) is 0 Å². The Morgan fingerprint density at radius 1 is 0.741 bits per heavy atom. The maximum absolute atomic E-state index is 13.5. The van der Waals surface area contributed by atoms with Gasteiger partial charge in [0.25, 0.3) is 11.8 Å². The highest BCUT2D eigenvalue weighted by Gasteiger charge is 2.21. The van der Waals surface area contributed by atoms with Gasteiger partial charge in [-0.1, -0.05) is 61.8 Å². The number of hydrogen-bond acceptors (Lipinski definition) is 7. The quantitative estimate of drug-likeness (QED) is 0.0734. The molecular weight excluding hydrogens is 710 g/mol. The summed E-state index contributed by atoms with van der Waals surface area (Å²) >= 11 is 6.17. The number of aromatic carboxylic acids is 1. The fraction of sp³-hybridized carbons (Fsp3) is 0.317. The minimum absolute atomic E-state index is 0.0510.